The van der Waals surface area contributed by atoms with Crippen LogP contribution in [0.25, 0.3) is 0 Å². The van der Waals surface area contributed by atoms with Crippen LogP contribution in [0.3, 0.4) is 0 Å². The van der Waals surface area contributed by atoms with Crippen LogP contribution in [0.1, 0.15) is 29.8 Å². The van der Waals surface area contributed by atoms with Crippen molar-refractivity contribution in [3.63, 3.8) is 0 Å². The summed E-state index contributed by atoms with van der Waals surface area (Å²) in [7, 11) is 0. The third-order valence-electron chi connectivity index (χ3n) is 3.17. The zero-order valence-corrected chi connectivity index (χ0v) is 12.3. The molecule has 0 aromatic heterocycles. The van der Waals surface area contributed by atoms with Gasteiger partial charge in [-0.25, -0.2) is 0 Å². The highest BCUT2D eigenvalue weighted by molar-refractivity contribution is 6.07. The molecule has 1 amide bonds. The molecule has 0 bridgehead atoms. The fourth-order valence-corrected chi connectivity index (χ4v) is 2.11. The molecule has 0 fully saturated rings. The fourth-order valence-electron chi connectivity index (χ4n) is 2.11. The number of hydrogen-bond acceptors (Lipinski definition) is 3. The van der Waals surface area contributed by atoms with E-state index in [9.17, 15) is 4.79 Å². The van der Waals surface area contributed by atoms with E-state index in [2.05, 4.69) is 12.2 Å². The van der Waals surface area contributed by atoms with Gasteiger partial charge in [-0.15, -0.1) is 0 Å². The SMILES string of the molecule is CCOc1c(N)cccc1C(=O)Nc1cccc(CC)c1. The average Bonchev–Trinajstić information content (AvgIpc) is 2.49. The predicted octanol–water partition coefficient (Wildman–Crippen LogP) is 3.48. The van der Waals surface area contributed by atoms with E-state index < -0.39 is 0 Å². The minimum Gasteiger partial charge on any atom is -0.491 e. The molecule has 3 N–H and O–H groups in total. The zero-order chi connectivity index (χ0) is 15.2. The van der Waals surface area contributed by atoms with E-state index in [0.29, 0.717) is 23.6 Å². The molecule has 2 aromatic rings. The number of nitrogen functional groups attached to an aromatic ring is 1. The predicted molar refractivity (Wildman–Crippen MR) is 85.8 cm³/mol. The van der Waals surface area contributed by atoms with Gasteiger partial charge in [0.1, 0.15) is 0 Å². The number of benzene rings is 2. The molecule has 21 heavy (non-hydrogen) atoms. The number of rotatable bonds is 5. The lowest BCUT2D eigenvalue weighted by Crippen LogP contribution is -2.14. The molecule has 0 unspecified atom stereocenters. The van der Waals surface area contributed by atoms with Gasteiger partial charge in [0.25, 0.3) is 5.91 Å². The zero-order valence-electron chi connectivity index (χ0n) is 12.3. The Bertz CT molecular complexity index is 638. The Morgan fingerprint density at radius 2 is 1.95 bits per heavy atom. The van der Waals surface area contributed by atoms with Crippen LogP contribution in [0.5, 0.6) is 5.75 Å². The lowest BCUT2D eigenvalue weighted by atomic mass is 10.1. The number of amides is 1. The second-order valence-corrected chi connectivity index (χ2v) is 4.66. The first-order chi connectivity index (χ1) is 10.2. The summed E-state index contributed by atoms with van der Waals surface area (Å²) in [6.45, 7) is 4.39. The standard InChI is InChI=1S/C17H20N2O2/c1-3-12-7-5-8-13(11-12)19-17(20)14-9-6-10-15(18)16(14)21-4-2/h5-11H,3-4,18H2,1-2H3,(H,19,20). The largest absolute Gasteiger partial charge is 0.491 e. The quantitative estimate of drug-likeness (QED) is 0.826. The molecule has 0 heterocycles. The lowest BCUT2D eigenvalue weighted by Gasteiger charge is -2.13. The summed E-state index contributed by atoms with van der Waals surface area (Å²) in [4.78, 5) is 12.4. The molecule has 0 radical (unpaired) electrons. The van der Waals surface area contributed by atoms with Gasteiger partial charge >= 0.3 is 0 Å². The Balaban J connectivity index is 2.26. The smallest absolute Gasteiger partial charge is 0.259 e. The Labute approximate surface area is 124 Å². The summed E-state index contributed by atoms with van der Waals surface area (Å²) < 4.78 is 5.49. The van der Waals surface area contributed by atoms with Crippen molar-refractivity contribution in [2.75, 3.05) is 17.7 Å². The first-order valence-electron chi connectivity index (χ1n) is 7.07. The number of carbonyl (C=O) groups is 1. The van der Waals surface area contributed by atoms with Crippen LogP contribution in [-0.4, -0.2) is 12.5 Å². The van der Waals surface area contributed by atoms with E-state index in [-0.39, 0.29) is 5.91 Å². The lowest BCUT2D eigenvalue weighted by molar-refractivity contribution is 0.102. The maximum Gasteiger partial charge on any atom is 0.259 e. The van der Waals surface area contributed by atoms with E-state index in [1.54, 1.807) is 18.2 Å². The summed E-state index contributed by atoms with van der Waals surface area (Å²) in [6, 6.07) is 13.0. The van der Waals surface area contributed by atoms with Crippen LogP contribution in [0.2, 0.25) is 0 Å². The van der Waals surface area contributed by atoms with Gasteiger partial charge in [-0.05, 0) is 43.2 Å². The van der Waals surface area contributed by atoms with Crippen molar-refractivity contribution in [3.05, 3.63) is 53.6 Å². The summed E-state index contributed by atoms with van der Waals surface area (Å²) in [6.07, 6.45) is 0.923. The summed E-state index contributed by atoms with van der Waals surface area (Å²) in [5, 5.41) is 2.88. The van der Waals surface area contributed by atoms with Gasteiger partial charge in [0.15, 0.2) is 5.75 Å². The van der Waals surface area contributed by atoms with Gasteiger partial charge in [0.05, 0.1) is 17.9 Å². The molecule has 4 nitrogen and oxygen atoms in total. The van der Waals surface area contributed by atoms with E-state index in [1.807, 2.05) is 31.2 Å². The number of para-hydroxylation sites is 1. The van der Waals surface area contributed by atoms with Crippen molar-refractivity contribution < 1.29 is 9.53 Å². The summed E-state index contributed by atoms with van der Waals surface area (Å²) in [5.41, 5.74) is 8.73. The maximum atomic E-state index is 12.4. The summed E-state index contributed by atoms with van der Waals surface area (Å²) >= 11 is 0. The molecular weight excluding hydrogens is 264 g/mol. The van der Waals surface area contributed by atoms with Gasteiger partial charge in [0.2, 0.25) is 0 Å². The van der Waals surface area contributed by atoms with E-state index in [1.165, 1.54) is 5.56 Å². The number of nitrogens with two attached hydrogens (primary N) is 1. The monoisotopic (exact) mass is 284 g/mol. The third kappa shape index (κ3) is 3.54. The highest BCUT2D eigenvalue weighted by Crippen LogP contribution is 2.27. The Hall–Kier alpha value is -2.49. The van der Waals surface area contributed by atoms with Crippen LogP contribution < -0.4 is 15.8 Å². The van der Waals surface area contributed by atoms with Crippen LogP contribution in [0, 0.1) is 0 Å². The highest BCUT2D eigenvalue weighted by Gasteiger charge is 2.15. The van der Waals surface area contributed by atoms with Crippen LogP contribution in [0.4, 0.5) is 11.4 Å². The molecule has 4 heteroatoms. The second kappa shape index (κ2) is 6.79. The number of hydrogen-bond donors (Lipinski definition) is 2. The average molecular weight is 284 g/mol. The van der Waals surface area contributed by atoms with Crippen molar-refractivity contribution >= 4 is 17.3 Å². The Morgan fingerprint density at radius 3 is 2.67 bits per heavy atom. The number of nitrogens with one attached hydrogen (secondary N) is 1. The third-order valence-corrected chi connectivity index (χ3v) is 3.17. The van der Waals surface area contributed by atoms with Crippen molar-refractivity contribution in [3.8, 4) is 5.75 Å². The molecule has 110 valence electrons. The minimum atomic E-state index is -0.223. The molecule has 0 saturated carbocycles. The Morgan fingerprint density at radius 1 is 1.19 bits per heavy atom. The summed E-state index contributed by atoms with van der Waals surface area (Å²) in [5.74, 6) is 0.211. The first kappa shape index (κ1) is 14.9. The van der Waals surface area contributed by atoms with Crippen LogP contribution in [-0.2, 0) is 6.42 Å². The maximum absolute atomic E-state index is 12.4. The normalized spacial score (nSPS) is 10.2. The second-order valence-electron chi connectivity index (χ2n) is 4.66. The van der Waals surface area contributed by atoms with Crippen LogP contribution >= 0.6 is 0 Å². The van der Waals surface area contributed by atoms with Gasteiger partial charge in [-0.2, -0.15) is 0 Å². The Kier molecular flexibility index (Phi) is 4.82. The van der Waals surface area contributed by atoms with Crippen LogP contribution in [0.15, 0.2) is 42.5 Å². The van der Waals surface area contributed by atoms with E-state index in [0.717, 1.165) is 12.1 Å². The van der Waals surface area contributed by atoms with Crippen molar-refractivity contribution in [2.45, 2.75) is 20.3 Å². The number of carbonyl (C=O) groups excluding carboxylic acids is 1. The van der Waals surface area contributed by atoms with E-state index in [4.69, 9.17) is 10.5 Å². The van der Waals surface area contributed by atoms with Crippen molar-refractivity contribution in [1.29, 1.82) is 0 Å². The first-order valence-corrected chi connectivity index (χ1v) is 7.07. The molecule has 0 spiro atoms. The van der Waals surface area contributed by atoms with Gasteiger partial charge < -0.3 is 15.8 Å². The number of ether oxygens (including phenoxy) is 1. The number of aryl methyl sites for hydroxylation is 1. The molecule has 2 aromatic carbocycles. The molecule has 0 aliphatic rings. The van der Waals surface area contributed by atoms with Gasteiger partial charge in [-0.3, -0.25) is 4.79 Å². The molecule has 0 atom stereocenters. The van der Waals surface area contributed by atoms with Gasteiger partial charge in [0, 0.05) is 5.69 Å². The molecule has 0 aliphatic carbocycles. The molecule has 2 rings (SSSR count). The molecule has 0 saturated heterocycles. The minimum absolute atomic E-state index is 0.223. The number of anilines is 2. The molecule has 0 aliphatic heterocycles. The van der Waals surface area contributed by atoms with Crippen molar-refractivity contribution in [2.24, 2.45) is 0 Å². The van der Waals surface area contributed by atoms with Gasteiger partial charge in [-0.1, -0.05) is 25.1 Å². The molecular formula is C17H20N2O2. The van der Waals surface area contributed by atoms with Crippen molar-refractivity contribution in [1.82, 2.24) is 0 Å². The fraction of sp³-hybridized carbons (Fsp3) is 0.235. The van der Waals surface area contributed by atoms with E-state index >= 15 is 0 Å². The topological polar surface area (TPSA) is 64.3 Å². The highest BCUT2D eigenvalue weighted by atomic mass is 16.5.